The minimum absolute atomic E-state index is 0.00301. The Morgan fingerprint density at radius 1 is 1.29 bits per heavy atom. The zero-order chi connectivity index (χ0) is 15.8. The first-order valence-electron chi connectivity index (χ1n) is 7.50. The summed E-state index contributed by atoms with van der Waals surface area (Å²) in [5, 5.41) is 0. The summed E-state index contributed by atoms with van der Waals surface area (Å²) in [5.74, 6) is 0.530. The minimum atomic E-state index is -0.00301. The lowest BCUT2D eigenvalue weighted by atomic mass is 9.97. The third-order valence-electron chi connectivity index (χ3n) is 3.83. The number of carbonyl (C=O) groups excluding carboxylic acids is 2. The summed E-state index contributed by atoms with van der Waals surface area (Å²) in [6.45, 7) is 8.35. The molecule has 1 atom stereocenters. The quantitative estimate of drug-likeness (QED) is 0.682. The lowest BCUT2D eigenvalue weighted by Gasteiger charge is -2.17. The van der Waals surface area contributed by atoms with E-state index in [1.54, 1.807) is 11.9 Å². The molecule has 0 heterocycles. The van der Waals surface area contributed by atoms with Crippen molar-refractivity contribution in [2.45, 2.75) is 39.0 Å². The SMILES string of the molecule is C=CC(=O)CCCN(C)C(=O)c1ccc(C(C)CC)cc1. The molecule has 0 saturated carbocycles. The molecule has 1 aromatic rings. The molecule has 114 valence electrons. The van der Waals surface area contributed by atoms with Crippen LogP contribution in [0.1, 0.15) is 54.9 Å². The molecule has 1 rings (SSSR count). The van der Waals surface area contributed by atoms with Crippen LogP contribution in [-0.2, 0) is 4.79 Å². The zero-order valence-electron chi connectivity index (χ0n) is 13.3. The van der Waals surface area contributed by atoms with Crippen molar-refractivity contribution >= 4 is 11.7 Å². The summed E-state index contributed by atoms with van der Waals surface area (Å²) < 4.78 is 0. The second kappa shape index (κ2) is 8.40. The van der Waals surface area contributed by atoms with E-state index in [0.717, 1.165) is 6.42 Å². The molecule has 1 amide bonds. The summed E-state index contributed by atoms with van der Waals surface area (Å²) >= 11 is 0. The Balaban J connectivity index is 2.57. The van der Waals surface area contributed by atoms with Gasteiger partial charge in [0.15, 0.2) is 5.78 Å². The Morgan fingerprint density at radius 2 is 1.90 bits per heavy atom. The third kappa shape index (κ3) is 5.18. The largest absolute Gasteiger partial charge is 0.342 e. The first-order chi connectivity index (χ1) is 9.99. The maximum atomic E-state index is 12.3. The molecular weight excluding hydrogens is 262 g/mol. The van der Waals surface area contributed by atoms with Gasteiger partial charge < -0.3 is 4.90 Å². The molecule has 0 aliphatic carbocycles. The highest BCUT2D eigenvalue weighted by molar-refractivity contribution is 5.94. The molecule has 0 spiro atoms. The number of benzene rings is 1. The summed E-state index contributed by atoms with van der Waals surface area (Å²) in [4.78, 5) is 25.1. The Morgan fingerprint density at radius 3 is 2.43 bits per heavy atom. The van der Waals surface area contributed by atoms with Crippen LogP contribution in [0.4, 0.5) is 0 Å². The van der Waals surface area contributed by atoms with Crippen molar-refractivity contribution in [2.24, 2.45) is 0 Å². The van der Waals surface area contributed by atoms with E-state index in [1.807, 2.05) is 24.3 Å². The smallest absolute Gasteiger partial charge is 0.253 e. The summed E-state index contributed by atoms with van der Waals surface area (Å²) in [6, 6.07) is 7.82. The van der Waals surface area contributed by atoms with Gasteiger partial charge in [-0.2, -0.15) is 0 Å². The fraction of sp³-hybridized carbons (Fsp3) is 0.444. The van der Waals surface area contributed by atoms with Gasteiger partial charge >= 0.3 is 0 Å². The predicted molar refractivity (Wildman–Crippen MR) is 86.5 cm³/mol. The first kappa shape index (κ1) is 17.2. The van der Waals surface area contributed by atoms with Crippen LogP contribution in [0.15, 0.2) is 36.9 Å². The lowest BCUT2D eigenvalue weighted by Crippen LogP contribution is -2.28. The summed E-state index contributed by atoms with van der Waals surface area (Å²) in [5.41, 5.74) is 1.95. The molecule has 3 nitrogen and oxygen atoms in total. The second-order valence-electron chi connectivity index (χ2n) is 5.43. The highest BCUT2D eigenvalue weighted by Crippen LogP contribution is 2.19. The molecule has 0 radical (unpaired) electrons. The van der Waals surface area contributed by atoms with E-state index < -0.39 is 0 Å². The summed E-state index contributed by atoms with van der Waals surface area (Å²) in [6.07, 6.45) is 3.52. The van der Waals surface area contributed by atoms with Crippen molar-refractivity contribution in [3.63, 3.8) is 0 Å². The number of ketones is 1. The van der Waals surface area contributed by atoms with Crippen LogP contribution in [0.25, 0.3) is 0 Å². The molecule has 0 aromatic heterocycles. The van der Waals surface area contributed by atoms with E-state index in [-0.39, 0.29) is 11.7 Å². The maximum absolute atomic E-state index is 12.3. The van der Waals surface area contributed by atoms with Crippen LogP contribution in [0, 0.1) is 0 Å². The van der Waals surface area contributed by atoms with Gasteiger partial charge in [0.25, 0.3) is 5.91 Å². The fourth-order valence-corrected chi connectivity index (χ4v) is 2.10. The van der Waals surface area contributed by atoms with Crippen molar-refractivity contribution < 1.29 is 9.59 Å². The molecule has 0 aliphatic rings. The monoisotopic (exact) mass is 287 g/mol. The van der Waals surface area contributed by atoms with Crippen LogP contribution in [-0.4, -0.2) is 30.2 Å². The third-order valence-corrected chi connectivity index (χ3v) is 3.83. The number of allylic oxidation sites excluding steroid dienone is 1. The number of nitrogens with zero attached hydrogens (tertiary/aromatic N) is 1. The number of hydrogen-bond donors (Lipinski definition) is 0. The normalized spacial score (nSPS) is 11.8. The summed E-state index contributed by atoms with van der Waals surface area (Å²) in [7, 11) is 1.77. The van der Waals surface area contributed by atoms with Gasteiger partial charge in [-0.1, -0.05) is 32.6 Å². The molecule has 1 aromatic carbocycles. The van der Waals surface area contributed by atoms with E-state index in [1.165, 1.54) is 11.6 Å². The number of carbonyl (C=O) groups is 2. The number of hydrogen-bond acceptors (Lipinski definition) is 2. The topological polar surface area (TPSA) is 37.4 Å². The Labute approximate surface area is 127 Å². The Kier molecular flexibility index (Phi) is 6.86. The van der Waals surface area contributed by atoms with Crippen LogP contribution < -0.4 is 0 Å². The van der Waals surface area contributed by atoms with Gasteiger partial charge in [-0.25, -0.2) is 0 Å². The van der Waals surface area contributed by atoms with Crippen LogP contribution in [0.2, 0.25) is 0 Å². The van der Waals surface area contributed by atoms with Crippen molar-refractivity contribution in [1.29, 1.82) is 0 Å². The van der Waals surface area contributed by atoms with Crippen molar-refractivity contribution in [3.8, 4) is 0 Å². The van der Waals surface area contributed by atoms with Crippen molar-refractivity contribution in [3.05, 3.63) is 48.0 Å². The van der Waals surface area contributed by atoms with Gasteiger partial charge in [-0.15, -0.1) is 0 Å². The number of amides is 1. The van der Waals surface area contributed by atoms with Gasteiger partial charge in [-0.3, -0.25) is 9.59 Å². The van der Waals surface area contributed by atoms with Crippen molar-refractivity contribution in [1.82, 2.24) is 4.90 Å². The minimum Gasteiger partial charge on any atom is -0.342 e. The average molecular weight is 287 g/mol. The van der Waals surface area contributed by atoms with E-state index in [4.69, 9.17) is 0 Å². The first-order valence-corrected chi connectivity index (χ1v) is 7.50. The molecule has 0 saturated heterocycles. The average Bonchev–Trinajstić information content (AvgIpc) is 2.53. The highest BCUT2D eigenvalue weighted by atomic mass is 16.2. The van der Waals surface area contributed by atoms with Gasteiger partial charge in [0.05, 0.1) is 0 Å². The van der Waals surface area contributed by atoms with E-state index >= 15 is 0 Å². The molecule has 0 fully saturated rings. The molecular formula is C18H25NO2. The lowest BCUT2D eigenvalue weighted by molar-refractivity contribution is -0.114. The van der Waals surface area contributed by atoms with Gasteiger partial charge in [-0.05, 0) is 42.5 Å². The second-order valence-corrected chi connectivity index (χ2v) is 5.43. The Hall–Kier alpha value is -1.90. The van der Waals surface area contributed by atoms with E-state index in [9.17, 15) is 9.59 Å². The van der Waals surface area contributed by atoms with Crippen LogP contribution in [0.3, 0.4) is 0 Å². The van der Waals surface area contributed by atoms with Crippen LogP contribution >= 0.6 is 0 Å². The molecule has 0 bridgehead atoms. The highest BCUT2D eigenvalue weighted by Gasteiger charge is 2.12. The van der Waals surface area contributed by atoms with E-state index in [2.05, 4.69) is 20.4 Å². The fourth-order valence-electron chi connectivity index (χ4n) is 2.10. The van der Waals surface area contributed by atoms with Crippen LogP contribution in [0.5, 0.6) is 0 Å². The molecule has 3 heteroatoms. The zero-order valence-corrected chi connectivity index (χ0v) is 13.3. The molecule has 0 N–H and O–H groups in total. The number of rotatable bonds is 8. The predicted octanol–water partition coefficient (Wildman–Crippen LogP) is 3.81. The molecule has 0 aliphatic heterocycles. The maximum Gasteiger partial charge on any atom is 0.253 e. The molecule has 1 unspecified atom stereocenters. The molecule has 21 heavy (non-hydrogen) atoms. The standard InChI is InChI=1S/C18H25NO2/c1-5-14(3)15-9-11-16(12-10-15)18(21)19(4)13-7-8-17(20)6-2/h6,9-12,14H,2,5,7-8,13H2,1,3-4H3. The van der Waals surface area contributed by atoms with E-state index in [0.29, 0.717) is 30.9 Å². The van der Waals surface area contributed by atoms with Crippen molar-refractivity contribution in [2.75, 3.05) is 13.6 Å². The van der Waals surface area contributed by atoms with Gasteiger partial charge in [0, 0.05) is 25.6 Å². The van der Waals surface area contributed by atoms with Gasteiger partial charge in [0.1, 0.15) is 0 Å². The Bertz CT molecular complexity index is 490. The van der Waals surface area contributed by atoms with Gasteiger partial charge in [0.2, 0.25) is 0 Å².